The van der Waals surface area contributed by atoms with Gasteiger partial charge in [-0.25, -0.2) is 0 Å². The fourth-order valence-corrected chi connectivity index (χ4v) is 2.98. The van der Waals surface area contributed by atoms with Crippen molar-refractivity contribution in [2.75, 3.05) is 10.6 Å². The molecule has 2 aromatic rings. The van der Waals surface area contributed by atoms with E-state index in [0.717, 1.165) is 30.5 Å². The van der Waals surface area contributed by atoms with Gasteiger partial charge in [0.05, 0.1) is 11.3 Å². The number of anilines is 2. The van der Waals surface area contributed by atoms with E-state index in [1.165, 1.54) is 0 Å². The molecule has 0 unspecified atom stereocenters. The molecule has 2 amide bonds. The minimum Gasteiger partial charge on any atom is -0.325 e. The van der Waals surface area contributed by atoms with Gasteiger partial charge in [-0.3, -0.25) is 9.59 Å². The zero-order valence-corrected chi connectivity index (χ0v) is 14.3. The van der Waals surface area contributed by atoms with Crippen molar-refractivity contribution in [3.63, 3.8) is 0 Å². The van der Waals surface area contributed by atoms with E-state index in [4.69, 9.17) is 0 Å². The predicted molar refractivity (Wildman–Crippen MR) is 101 cm³/mol. The van der Waals surface area contributed by atoms with Crippen LogP contribution in [0.15, 0.2) is 60.7 Å². The molecule has 0 heterocycles. The molecule has 0 bridgehead atoms. The second-order valence-corrected chi connectivity index (χ2v) is 6.34. The van der Waals surface area contributed by atoms with Crippen LogP contribution in [-0.2, 0) is 4.79 Å². The maximum absolute atomic E-state index is 12.6. The number of para-hydroxylation sites is 1. The molecular formula is C21H22N2O2. The zero-order chi connectivity index (χ0) is 17.6. The Morgan fingerprint density at radius 2 is 1.84 bits per heavy atom. The lowest BCUT2D eigenvalue weighted by Gasteiger charge is -2.18. The van der Waals surface area contributed by atoms with Gasteiger partial charge in [0.25, 0.3) is 5.91 Å². The molecule has 1 aliphatic rings. The van der Waals surface area contributed by atoms with Crippen LogP contribution in [0.3, 0.4) is 0 Å². The van der Waals surface area contributed by atoms with Gasteiger partial charge in [-0.15, -0.1) is 0 Å². The number of carbonyl (C=O) groups is 2. The first-order valence-electron chi connectivity index (χ1n) is 8.56. The fraction of sp³-hybridized carbons (Fsp3) is 0.238. The normalized spacial score (nSPS) is 16.3. The maximum atomic E-state index is 12.6. The van der Waals surface area contributed by atoms with Gasteiger partial charge in [0, 0.05) is 11.6 Å². The Bertz CT molecular complexity index is 811. The van der Waals surface area contributed by atoms with Crippen molar-refractivity contribution < 1.29 is 9.59 Å². The first-order chi connectivity index (χ1) is 12.1. The van der Waals surface area contributed by atoms with Gasteiger partial charge in [0.1, 0.15) is 0 Å². The van der Waals surface area contributed by atoms with Crippen LogP contribution < -0.4 is 10.6 Å². The first-order valence-corrected chi connectivity index (χ1v) is 8.56. The Morgan fingerprint density at radius 1 is 1.00 bits per heavy atom. The first kappa shape index (κ1) is 17.0. The Balaban J connectivity index is 1.74. The topological polar surface area (TPSA) is 58.2 Å². The Morgan fingerprint density at radius 3 is 2.60 bits per heavy atom. The second-order valence-electron chi connectivity index (χ2n) is 6.34. The van der Waals surface area contributed by atoms with Gasteiger partial charge in [-0.1, -0.05) is 36.4 Å². The summed E-state index contributed by atoms with van der Waals surface area (Å²) in [4.78, 5) is 25.1. The Labute approximate surface area is 148 Å². The van der Waals surface area contributed by atoms with Crippen molar-refractivity contribution in [3.05, 3.63) is 71.8 Å². The van der Waals surface area contributed by atoms with Crippen LogP contribution >= 0.6 is 0 Å². The molecule has 25 heavy (non-hydrogen) atoms. The Hall–Kier alpha value is -2.88. The zero-order valence-electron chi connectivity index (χ0n) is 14.3. The van der Waals surface area contributed by atoms with Gasteiger partial charge in [0.2, 0.25) is 5.91 Å². The molecule has 1 aliphatic carbocycles. The summed E-state index contributed by atoms with van der Waals surface area (Å²) in [6.07, 6.45) is 6.67. The number of hydrogen-bond acceptors (Lipinski definition) is 2. The van der Waals surface area contributed by atoms with Crippen molar-refractivity contribution in [1.29, 1.82) is 0 Å². The number of hydrogen-bond donors (Lipinski definition) is 2. The van der Waals surface area contributed by atoms with Gasteiger partial charge < -0.3 is 10.6 Å². The summed E-state index contributed by atoms with van der Waals surface area (Å²) in [5, 5.41) is 5.82. The van der Waals surface area contributed by atoms with Crippen molar-refractivity contribution in [2.45, 2.75) is 26.2 Å². The summed E-state index contributed by atoms with van der Waals surface area (Å²) < 4.78 is 0. The molecular weight excluding hydrogens is 312 g/mol. The lowest BCUT2D eigenvalue weighted by atomic mass is 9.93. The number of rotatable bonds is 4. The molecule has 4 nitrogen and oxygen atoms in total. The average Bonchev–Trinajstić information content (AvgIpc) is 2.63. The molecule has 128 valence electrons. The van der Waals surface area contributed by atoms with Crippen molar-refractivity contribution in [1.82, 2.24) is 0 Å². The largest absolute Gasteiger partial charge is 0.325 e. The number of benzene rings is 2. The highest BCUT2D eigenvalue weighted by Crippen LogP contribution is 2.23. The molecule has 2 N–H and O–H groups in total. The molecule has 2 aromatic carbocycles. The minimum absolute atomic E-state index is 0.0276. The summed E-state index contributed by atoms with van der Waals surface area (Å²) in [6.45, 7) is 1.97. The third-order valence-corrected chi connectivity index (χ3v) is 4.35. The minimum atomic E-state index is -0.231. The van der Waals surface area contributed by atoms with Gasteiger partial charge >= 0.3 is 0 Å². The summed E-state index contributed by atoms with van der Waals surface area (Å²) in [7, 11) is 0. The summed E-state index contributed by atoms with van der Waals surface area (Å²) >= 11 is 0. The van der Waals surface area contributed by atoms with Crippen molar-refractivity contribution in [3.8, 4) is 0 Å². The molecule has 4 heteroatoms. The summed E-state index contributed by atoms with van der Waals surface area (Å²) in [5.74, 6) is -0.289. The van der Waals surface area contributed by atoms with Crippen molar-refractivity contribution >= 4 is 23.2 Å². The molecule has 0 fully saturated rings. The number of nitrogens with one attached hydrogen (secondary N) is 2. The highest BCUT2D eigenvalue weighted by molar-refractivity contribution is 6.10. The van der Waals surface area contributed by atoms with Gasteiger partial charge in [0.15, 0.2) is 0 Å². The van der Waals surface area contributed by atoms with Crippen LogP contribution in [0.2, 0.25) is 0 Å². The number of amides is 2. The average molecular weight is 334 g/mol. The highest BCUT2D eigenvalue weighted by atomic mass is 16.2. The molecule has 0 spiro atoms. The SMILES string of the molecule is Cc1cccc(NC(=O)c2ccccc2NC(=O)[C@H]2CC=CCC2)c1. The standard InChI is InChI=1S/C21H22N2O2/c1-15-8-7-11-17(14-15)22-21(25)18-12-5-6-13-19(18)23-20(24)16-9-3-2-4-10-16/h2-3,5-8,11-14,16H,4,9-10H2,1H3,(H,22,25)(H,23,24)/t16-/m0/s1. The molecule has 0 radical (unpaired) electrons. The van der Waals surface area contributed by atoms with Crippen LogP contribution in [-0.4, -0.2) is 11.8 Å². The van der Waals surface area contributed by atoms with E-state index in [9.17, 15) is 9.59 Å². The number of allylic oxidation sites excluding steroid dienone is 2. The van der Waals surface area contributed by atoms with Gasteiger partial charge in [-0.05, 0) is 56.0 Å². The van der Waals surface area contributed by atoms with Crippen LogP contribution in [0.4, 0.5) is 11.4 Å². The quantitative estimate of drug-likeness (QED) is 0.806. The third kappa shape index (κ3) is 4.35. The lowest BCUT2D eigenvalue weighted by Crippen LogP contribution is -2.25. The van der Waals surface area contributed by atoms with Crippen LogP contribution in [0.1, 0.15) is 35.2 Å². The highest BCUT2D eigenvalue weighted by Gasteiger charge is 2.20. The molecule has 0 saturated heterocycles. The third-order valence-electron chi connectivity index (χ3n) is 4.35. The number of aryl methyl sites for hydroxylation is 1. The van der Waals surface area contributed by atoms with E-state index in [1.54, 1.807) is 18.2 Å². The molecule has 0 aliphatic heterocycles. The van der Waals surface area contributed by atoms with Crippen molar-refractivity contribution in [2.24, 2.45) is 5.92 Å². The maximum Gasteiger partial charge on any atom is 0.257 e. The molecule has 0 saturated carbocycles. The lowest BCUT2D eigenvalue weighted by molar-refractivity contribution is -0.120. The monoisotopic (exact) mass is 334 g/mol. The molecule has 1 atom stereocenters. The van der Waals surface area contributed by atoms with E-state index < -0.39 is 0 Å². The van der Waals surface area contributed by atoms with Crippen LogP contribution in [0.25, 0.3) is 0 Å². The second kappa shape index (κ2) is 7.79. The van der Waals surface area contributed by atoms with E-state index in [2.05, 4.69) is 16.7 Å². The fourth-order valence-electron chi connectivity index (χ4n) is 2.98. The van der Waals surface area contributed by atoms with E-state index in [0.29, 0.717) is 11.3 Å². The van der Waals surface area contributed by atoms with Gasteiger partial charge in [-0.2, -0.15) is 0 Å². The van der Waals surface area contributed by atoms with E-state index >= 15 is 0 Å². The summed E-state index contributed by atoms with van der Waals surface area (Å²) in [5.41, 5.74) is 2.82. The predicted octanol–water partition coefficient (Wildman–Crippen LogP) is 4.54. The smallest absolute Gasteiger partial charge is 0.257 e. The van der Waals surface area contributed by atoms with Crippen LogP contribution in [0, 0.1) is 12.8 Å². The summed E-state index contributed by atoms with van der Waals surface area (Å²) in [6, 6.07) is 14.7. The molecule has 3 rings (SSSR count). The molecule has 0 aromatic heterocycles. The van der Waals surface area contributed by atoms with Crippen LogP contribution in [0.5, 0.6) is 0 Å². The number of carbonyl (C=O) groups excluding carboxylic acids is 2. The van der Waals surface area contributed by atoms with E-state index in [-0.39, 0.29) is 17.7 Å². The Kier molecular flexibility index (Phi) is 5.29. The van der Waals surface area contributed by atoms with E-state index in [1.807, 2.05) is 43.3 Å².